The Morgan fingerprint density at radius 3 is 2.74 bits per heavy atom. The lowest BCUT2D eigenvalue weighted by Gasteiger charge is -2.20. The van der Waals surface area contributed by atoms with Crippen molar-refractivity contribution < 1.29 is 9.53 Å². The van der Waals surface area contributed by atoms with Gasteiger partial charge in [0.25, 0.3) is 0 Å². The number of benzene rings is 1. The van der Waals surface area contributed by atoms with Gasteiger partial charge >= 0.3 is 5.97 Å². The summed E-state index contributed by atoms with van der Waals surface area (Å²) in [5, 5.41) is 0. The van der Waals surface area contributed by atoms with Gasteiger partial charge in [-0.2, -0.15) is 0 Å². The van der Waals surface area contributed by atoms with Gasteiger partial charge in [0.2, 0.25) is 0 Å². The smallest absolute Gasteiger partial charge is 0.355 e. The van der Waals surface area contributed by atoms with Crippen LogP contribution in [0.25, 0.3) is 11.3 Å². The standard InChI is InChI=1S/C14H11Br2NO2/c1-19-14(18)13-11(16)10(15)12-9-5-3-2-4-8(9)6-7-17(12)13/h2-5H,6-7H2,1H3. The molecule has 3 nitrogen and oxygen atoms in total. The summed E-state index contributed by atoms with van der Waals surface area (Å²) in [4.78, 5) is 11.9. The van der Waals surface area contributed by atoms with Gasteiger partial charge in [0.1, 0.15) is 5.69 Å². The van der Waals surface area contributed by atoms with Crippen LogP contribution < -0.4 is 0 Å². The summed E-state index contributed by atoms with van der Waals surface area (Å²) >= 11 is 7.06. The minimum absolute atomic E-state index is 0.321. The van der Waals surface area contributed by atoms with Crippen molar-refractivity contribution in [2.24, 2.45) is 0 Å². The Balaban J connectivity index is 2.30. The maximum Gasteiger partial charge on any atom is 0.355 e. The van der Waals surface area contributed by atoms with Gasteiger partial charge in [-0.05, 0) is 43.8 Å². The molecule has 98 valence electrons. The zero-order chi connectivity index (χ0) is 13.6. The number of esters is 1. The highest BCUT2D eigenvalue weighted by Gasteiger charge is 2.29. The predicted octanol–water partition coefficient (Wildman–Crippen LogP) is 4.02. The van der Waals surface area contributed by atoms with E-state index in [0.717, 1.165) is 33.2 Å². The van der Waals surface area contributed by atoms with Crippen molar-refractivity contribution in [1.29, 1.82) is 0 Å². The fraction of sp³-hybridized carbons (Fsp3) is 0.214. The minimum atomic E-state index is -0.321. The summed E-state index contributed by atoms with van der Waals surface area (Å²) in [5.74, 6) is -0.321. The number of aromatic nitrogens is 1. The van der Waals surface area contributed by atoms with E-state index in [9.17, 15) is 4.79 Å². The van der Waals surface area contributed by atoms with Crippen LogP contribution in [0.2, 0.25) is 0 Å². The van der Waals surface area contributed by atoms with Gasteiger partial charge in [0, 0.05) is 12.1 Å². The van der Waals surface area contributed by atoms with E-state index in [4.69, 9.17) is 4.74 Å². The van der Waals surface area contributed by atoms with E-state index in [1.165, 1.54) is 12.7 Å². The topological polar surface area (TPSA) is 31.2 Å². The van der Waals surface area contributed by atoms with E-state index in [2.05, 4.69) is 44.0 Å². The van der Waals surface area contributed by atoms with E-state index in [-0.39, 0.29) is 5.97 Å². The van der Waals surface area contributed by atoms with Crippen molar-refractivity contribution in [2.75, 3.05) is 7.11 Å². The number of carbonyl (C=O) groups excluding carboxylic acids is 1. The summed E-state index contributed by atoms with van der Waals surface area (Å²) in [6, 6.07) is 8.27. The molecular formula is C14H11Br2NO2. The lowest BCUT2D eigenvalue weighted by atomic mass is 9.99. The molecule has 0 radical (unpaired) electrons. The Morgan fingerprint density at radius 1 is 1.26 bits per heavy atom. The fourth-order valence-corrected chi connectivity index (χ4v) is 3.72. The molecule has 0 spiro atoms. The third-order valence-corrected chi connectivity index (χ3v) is 5.48. The molecule has 0 N–H and O–H groups in total. The third kappa shape index (κ3) is 1.87. The first-order valence-corrected chi connectivity index (χ1v) is 7.47. The molecule has 0 saturated carbocycles. The molecule has 0 saturated heterocycles. The monoisotopic (exact) mass is 383 g/mol. The lowest BCUT2D eigenvalue weighted by Crippen LogP contribution is -2.17. The molecule has 1 aliphatic heterocycles. The summed E-state index contributed by atoms with van der Waals surface area (Å²) in [6.07, 6.45) is 0.917. The molecule has 5 heteroatoms. The highest BCUT2D eigenvalue weighted by atomic mass is 79.9. The molecule has 1 aromatic carbocycles. The van der Waals surface area contributed by atoms with E-state index >= 15 is 0 Å². The van der Waals surface area contributed by atoms with Gasteiger partial charge < -0.3 is 9.30 Å². The van der Waals surface area contributed by atoms with Crippen molar-refractivity contribution in [3.05, 3.63) is 44.5 Å². The molecule has 1 aliphatic rings. The van der Waals surface area contributed by atoms with Gasteiger partial charge in [-0.15, -0.1) is 0 Å². The zero-order valence-electron chi connectivity index (χ0n) is 10.2. The summed E-state index contributed by atoms with van der Waals surface area (Å²) in [7, 11) is 1.40. The maximum absolute atomic E-state index is 11.9. The summed E-state index contributed by atoms with van der Waals surface area (Å²) in [5.41, 5.74) is 4.07. The molecule has 0 bridgehead atoms. The number of fused-ring (bicyclic) bond motifs is 3. The van der Waals surface area contributed by atoms with Gasteiger partial charge in [0.05, 0.1) is 21.7 Å². The zero-order valence-corrected chi connectivity index (χ0v) is 13.4. The van der Waals surface area contributed by atoms with Gasteiger partial charge in [0.15, 0.2) is 0 Å². The van der Waals surface area contributed by atoms with Crippen LogP contribution in [0.4, 0.5) is 0 Å². The molecule has 2 aromatic rings. The lowest BCUT2D eigenvalue weighted by molar-refractivity contribution is 0.0587. The van der Waals surface area contributed by atoms with Gasteiger partial charge in [-0.3, -0.25) is 0 Å². The molecular weight excluding hydrogens is 374 g/mol. The molecule has 0 amide bonds. The van der Waals surface area contributed by atoms with Crippen molar-refractivity contribution in [2.45, 2.75) is 13.0 Å². The second kappa shape index (κ2) is 4.80. The predicted molar refractivity (Wildman–Crippen MR) is 80.3 cm³/mol. The normalized spacial score (nSPS) is 12.8. The number of hydrogen-bond acceptors (Lipinski definition) is 2. The first-order chi connectivity index (χ1) is 9.15. The second-order valence-corrected chi connectivity index (χ2v) is 5.96. The number of aryl methyl sites for hydroxylation is 1. The fourth-order valence-electron chi connectivity index (χ4n) is 2.54. The molecule has 2 heterocycles. The van der Waals surface area contributed by atoms with Crippen LogP contribution in [0.1, 0.15) is 16.1 Å². The number of methoxy groups -OCH3 is 1. The Bertz CT molecular complexity index is 676. The molecule has 0 aliphatic carbocycles. The average Bonchev–Trinajstić information content (AvgIpc) is 2.70. The molecule has 19 heavy (non-hydrogen) atoms. The van der Waals surface area contributed by atoms with Gasteiger partial charge in [-0.25, -0.2) is 4.79 Å². The van der Waals surface area contributed by atoms with E-state index < -0.39 is 0 Å². The number of rotatable bonds is 1. The van der Waals surface area contributed by atoms with Crippen molar-refractivity contribution in [3.63, 3.8) is 0 Å². The van der Waals surface area contributed by atoms with Crippen LogP contribution in [0.3, 0.4) is 0 Å². The quantitative estimate of drug-likeness (QED) is 0.695. The number of ether oxygens (including phenoxy) is 1. The van der Waals surface area contributed by atoms with Crippen LogP contribution in [0.15, 0.2) is 33.2 Å². The first-order valence-electron chi connectivity index (χ1n) is 5.89. The molecule has 0 fully saturated rings. The number of carbonyl (C=O) groups is 1. The Hall–Kier alpha value is -1.07. The third-order valence-electron chi connectivity index (χ3n) is 3.40. The molecule has 1 aromatic heterocycles. The molecule has 0 atom stereocenters. The maximum atomic E-state index is 11.9. The highest BCUT2D eigenvalue weighted by molar-refractivity contribution is 9.13. The largest absolute Gasteiger partial charge is 0.464 e. The minimum Gasteiger partial charge on any atom is -0.464 e. The average molecular weight is 385 g/mol. The Kier molecular flexibility index (Phi) is 3.27. The summed E-state index contributed by atoms with van der Waals surface area (Å²) < 4.78 is 8.55. The Morgan fingerprint density at radius 2 is 2.00 bits per heavy atom. The van der Waals surface area contributed by atoms with Crippen LogP contribution in [0.5, 0.6) is 0 Å². The van der Waals surface area contributed by atoms with Crippen molar-refractivity contribution in [1.82, 2.24) is 4.57 Å². The highest BCUT2D eigenvalue weighted by Crippen LogP contribution is 2.43. The van der Waals surface area contributed by atoms with Crippen molar-refractivity contribution >= 4 is 37.8 Å². The summed E-state index contributed by atoms with van der Waals surface area (Å²) in [6.45, 7) is 0.779. The number of halogens is 2. The van der Waals surface area contributed by atoms with Crippen LogP contribution in [0, 0.1) is 0 Å². The molecule has 3 rings (SSSR count). The first kappa shape index (κ1) is 12.9. The number of nitrogens with zero attached hydrogens (tertiary/aromatic N) is 1. The Labute approximate surface area is 127 Å². The van der Waals surface area contributed by atoms with Crippen LogP contribution in [-0.4, -0.2) is 17.6 Å². The van der Waals surface area contributed by atoms with Gasteiger partial charge in [-0.1, -0.05) is 24.3 Å². The second-order valence-electron chi connectivity index (χ2n) is 4.38. The SMILES string of the molecule is COC(=O)c1c(Br)c(Br)c2n1CCc1ccccc1-2. The van der Waals surface area contributed by atoms with Crippen molar-refractivity contribution in [3.8, 4) is 11.3 Å². The molecule has 0 unspecified atom stereocenters. The van der Waals surface area contributed by atoms with Crippen LogP contribution in [-0.2, 0) is 17.7 Å². The van der Waals surface area contributed by atoms with E-state index in [1.807, 2.05) is 16.7 Å². The van der Waals surface area contributed by atoms with E-state index in [1.54, 1.807) is 0 Å². The van der Waals surface area contributed by atoms with Crippen LogP contribution >= 0.6 is 31.9 Å². The number of hydrogen-bond donors (Lipinski definition) is 0. The van der Waals surface area contributed by atoms with E-state index in [0.29, 0.717) is 5.69 Å².